The van der Waals surface area contributed by atoms with Crippen LogP contribution in [0.2, 0.25) is 0 Å². The number of likely N-dealkylation sites (tertiary alicyclic amines) is 1. The van der Waals surface area contributed by atoms with Gasteiger partial charge in [0.1, 0.15) is 11.6 Å². The molecule has 1 aliphatic heterocycles. The molecule has 0 saturated carbocycles. The molecule has 0 N–H and O–H groups in total. The fourth-order valence-corrected chi connectivity index (χ4v) is 3.32. The summed E-state index contributed by atoms with van der Waals surface area (Å²) in [5.41, 5.74) is 0.168. The molecule has 6 heteroatoms. The number of hydrogen-bond acceptors (Lipinski definition) is 3. The fraction of sp³-hybridized carbons (Fsp3) is 0.500. The summed E-state index contributed by atoms with van der Waals surface area (Å²) in [6.07, 6.45) is 5.81. The van der Waals surface area contributed by atoms with E-state index in [4.69, 9.17) is 0 Å². The summed E-state index contributed by atoms with van der Waals surface area (Å²) in [4.78, 5) is 4.50. The summed E-state index contributed by atoms with van der Waals surface area (Å²) in [5, 5.41) is 4.22. The Morgan fingerprint density at radius 3 is 2.46 bits per heavy atom. The van der Waals surface area contributed by atoms with Crippen molar-refractivity contribution in [1.29, 1.82) is 0 Å². The van der Waals surface area contributed by atoms with Crippen molar-refractivity contribution in [2.45, 2.75) is 32.0 Å². The number of hydrogen-bond donors (Lipinski definition) is 0. The summed E-state index contributed by atoms with van der Waals surface area (Å²) >= 11 is 0. The molecule has 24 heavy (non-hydrogen) atoms. The Morgan fingerprint density at radius 2 is 1.83 bits per heavy atom. The maximum Gasteiger partial charge on any atom is 0.130 e. The molecule has 0 unspecified atom stereocenters. The van der Waals surface area contributed by atoms with E-state index in [1.165, 1.54) is 18.2 Å². The lowest BCUT2D eigenvalue weighted by Gasteiger charge is -2.36. The molecule has 1 saturated heterocycles. The summed E-state index contributed by atoms with van der Waals surface area (Å²) < 4.78 is 29.5. The van der Waals surface area contributed by atoms with Crippen molar-refractivity contribution in [3.8, 4) is 0 Å². The first-order valence-electron chi connectivity index (χ1n) is 8.46. The lowest BCUT2D eigenvalue weighted by molar-refractivity contribution is 0.118. The second kappa shape index (κ2) is 7.85. The van der Waals surface area contributed by atoms with Gasteiger partial charge < -0.3 is 4.90 Å². The summed E-state index contributed by atoms with van der Waals surface area (Å²) in [5.74, 6) is -0.919. The van der Waals surface area contributed by atoms with Gasteiger partial charge >= 0.3 is 0 Å². The minimum absolute atomic E-state index is 0.168. The fourth-order valence-electron chi connectivity index (χ4n) is 3.32. The number of nitrogens with zero attached hydrogens (tertiary/aromatic N) is 4. The lowest BCUT2D eigenvalue weighted by Crippen LogP contribution is -2.44. The molecule has 0 aliphatic carbocycles. The zero-order valence-corrected chi connectivity index (χ0v) is 14.0. The molecule has 1 aliphatic rings. The summed E-state index contributed by atoms with van der Waals surface area (Å²) in [6, 6.07) is 6.36. The maximum absolute atomic E-state index is 13.8. The summed E-state index contributed by atoms with van der Waals surface area (Å²) in [7, 11) is 1.95. The average molecular weight is 334 g/mol. The highest BCUT2D eigenvalue weighted by Crippen LogP contribution is 2.20. The van der Waals surface area contributed by atoms with E-state index in [9.17, 15) is 8.78 Å². The second-order valence-electron chi connectivity index (χ2n) is 6.46. The van der Waals surface area contributed by atoms with Gasteiger partial charge in [-0.1, -0.05) is 6.07 Å². The van der Waals surface area contributed by atoms with Gasteiger partial charge in [0.25, 0.3) is 0 Å². The Labute approximate surface area is 141 Å². The smallest absolute Gasteiger partial charge is 0.130 e. The van der Waals surface area contributed by atoms with Crippen LogP contribution >= 0.6 is 0 Å². The first-order valence-corrected chi connectivity index (χ1v) is 8.46. The molecule has 130 valence electrons. The van der Waals surface area contributed by atoms with E-state index in [-0.39, 0.29) is 5.56 Å². The molecule has 0 spiro atoms. The van der Waals surface area contributed by atoms with Crippen LogP contribution in [0.4, 0.5) is 8.78 Å². The topological polar surface area (TPSA) is 24.3 Å². The predicted molar refractivity (Wildman–Crippen MR) is 89.5 cm³/mol. The third-order valence-corrected chi connectivity index (χ3v) is 4.85. The highest BCUT2D eigenvalue weighted by molar-refractivity contribution is 5.19. The van der Waals surface area contributed by atoms with E-state index < -0.39 is 11.6 Å². The van der Waals surface area contributed by atoms with Crippen LogP contribution in [0, 0.1) is 11.6 Å². The Kier molecular flexibility index (Phi) is 5.58. The molecule has 1 aromatic heterocycles. The maximum atomic E-state index is 13.8. The Hall–Kier alpha value is -1.79. The molecule has 4 nitrogen and oxygen atoms in total. The van der Waals surface area contributed by atoms with Crippen molar-refractivity contribution in [3.05, 3.63) is 53.9 Å². The van der Waals surface area contributed by atoms with E-state index in [0.717, 1.165) is 39.0 Å². The van der Waals surface area contributed by atoms with E-state index in [1.807, 2.05) is 24.0 Å². The highest BCUT2D eigenvalue weighted by Gasteiger charge is 2.23. The van der Waals surface area contributed by atoms with Gasteiger partial charge in [0.2, 0.25) is 0 Å². The third-order valence-electron chi connectivity index (χ3n) is 4.85. The van der Waals surface area contributed by atoms with Crippen molar-refractivity contribution >= 4 is 0 Å². The van der Waals surface area contributed by atoms with Crippen molar-refractivity contribution in [3.63, 3.8) is 0 Å². The van der Waals surface area contributed by atoms with E-state index in [0.29, 0.717) is 12.6 Å². The molecule has 2 aromatic rings. The van der Waals surface area contributed by atoms with Crippen molar-refractivity contribution < 1.29 is 8.78 Å². The van der Waals surface area contributed by atoms with Crippen molar-refractivity contribution in [2.24, 2.45) is 0 Å². The van der Waals surface area contributed by atoms with Gasteiger partial charge in [0.15, 0.2) is 0 Å². The van der Waals surface area contributed by atoms with Crippen LogP contribution in [-0.2, 0) is 13.1 Å². The first kappa shape index (κ1) is 17.0. The van der Waals surface area contributed by atoms with E-state index in [2.05, 4.69) is 14.9 Å². The van der Waals surface area contributed by atoms with Crippen LogP contribution in [0.15, 0.2) is 36.7 Å². The zero-order chi connectivity index (χ0) is 16.9. The number of rotatable bonds is 6. The van der Waals surface area contributed by atoms with Crippen LogP contribution < -0.4 is 0 Å². The van der Waals surface area contributed by atoms with Crippen molar-refractivity contribution in [2.75, 3.05) is 26.7 Å². The Balaban J connectivity index is 1.47. The molecule has 0 atom stereocenters. The minimum atomic E-state index is -0.460. The number of halogens is 2. The molecule has 0 bridgehead atoms. The molecule has 1 fully saturated rings. The highest BCUT2D eigenvalue weighted by atomic mass is 19.1. The molecule has 0 radical (unpaired) electrons. The van der Waals surface area contributed by atoms with Gasteiger partial charge in [-0.2, -0.15) is 5.10 Å². The lowest BCUT2D eigenvalue weighted by atomic mass is 10.0. The van der Waals surface area contributed by atoms with E-state index in [1.54, 1.807) is 6.20 Å². The molecular weight excluding hydrogens is 310 g/mol. The number of piperidine rings is 1. The molecule has 1 aromatic carbocycles. The van der Waals surface area contributed by atoms with Crippen LogP contribution in [0.1, 0.15) is 18.4 Å². The number of aromatic nitrogens is 2. The zero-order valence-electron chi connectivity index (χ0n) is 14.0. The second-order valence-corrected chi connectivity index (χ2v) is 6.46. The summed E-state index contributed by atoms with van der Waals surface area (Å²) in [6.45, 7) is 4.22. The van der Waals surface area contributed by atoms with Crippen LogP contribution in [0.25, 0.3) is 0 Å². The van der Waals surface area contributed by atoms with Gasteiger partial charge in [-0.15, -0.1) is 0 Å². The van der Waals surface area contributed by atoms with Gasteiger partial charge in [0.05, 0.1) is 6.54 Å². The van der Waals surface area contributed by atoms with Crippen LogP contribution in [0.3, 0.4) is 0 Å². The average Bonchev–Trinajstić information content (AvgIpc) is 3.10. The van der Waals surface area contributed by atoms with Crippen LogP contribution in [0.5, 0.6) is 0 Å². The predicted octanol–water partition coefficient (Wildman–Crippen LogP) is 2.76. The van der Waals surface area contributed by atoms with Gasteiger partial charge in [0, 0.05) is 37.1 Å². The molecule has 0 amide bonds. The van der Waals surface area contributed by atoms with Gasteiger partial charge in [-0.05, 0) is 51.2 Å². The SMILES string of the molecule is CN(Cc1c(F)cccc1F)C1CCN(CCn2cccn2)CC1. The standard InChI is InChI=1S/C18H24F2N4/c1-22(14-16-17(19)4-2-5-18(16)20)15-6-10-23(11-7-15)12-13-24-9-3-8-21-24/h2-5,8-9,15H,6-7,10-14H2,1H3. The Morgan fingerprint density at radius 1 is 1.12 bits per heavy atom. The van der Waals surface area contributed by atoms with Crippen LogP contribution in [-0.4, -0.2) is 52.3 Å². The van der Waals surface area contributed by atoms with E-state index >= 15 is 0 Å². The number of benzene rings is 1. The molecule has 3 rings (SSSR count). The normalized spacial score (nSPS) is 16.8. The molecule has 2 heterocycles. The van der Waals surface area contributed by atoms with Crippen molar-refractivity contribution in [1.82, 2.24) is 19.6 Å². The minimum Gasteiger partial charge on any atom is -0.301 e. The molecular formula is C18H24F2N4. The first-order chi connectivity index (χ1) is 11.6. The van der Waals surface area contributed by atoms with Gasteiger partial charge in [-0.3, -0.25) is 9.58 Å². The monoisotopic (exact) mass is 334 g/mol. The third kappa shape index (κ3) is 4.19. The van der Waals surface area contributed by atoms with Gasteiger partial charge in [-0.25, -0.2) is 8.78 Å². The Bertz CT molecular complexity index is 616. The largest absolute Gasteiger partial charge is 0.301 e. The quantitative estimate of drug-likeness (QED) is 0.812.